The minimum absolute atomic E-state index is 0.666. The van der Waals surface area contributed by atoms with E-state index in [1.165, 1.54) is 5.56 Å². The quantitative estimate of drug-likeness (QED) is 0.222. The first kappa shape index (κ1) is 27.7. The average Bonchev–Trinajstić information content (AvgIpc) is 2.96. The summed E-state index contributed by atoms with van der Waals surface area (Å²) >= 11 is 5.85. The lowest BCUT2D eigenvalue weighted by molar-refractivity contribution is 0.412. The molecule has 3 aromatic rings. The van der Waals surface area contributed by atoms with E-state index in [4.69, 9.17) is 21.9 Å². The summed E-state index contributed by atoms with van der Waals surface area (Å²) in [6.07, 6.45) is 7.18. The van der Waals surface area contributed by atoms with Crippen molar-refractivity contribution in [1.29, 1.82) is 0 Å². The highest BCUT2D eigenvalue weighted by molar-refractivity contribution is 7.80. The second kappa shape index (κ2) is 13.0. The SMILES string of the molecule is C=C(NC)c1ccc(CC(=S)c2cccc(C3=CCC(=N/C=C\C)C(Nc4ccc(OC)c(C)c4)=N3)c2)cc1. The molecule has 1 heterocycles. The minimum atomic E-state index is 0.666. The summed E-state index contributed by atoms with van der Waals surface area (Å²) in [5.74, 6) is 1.58. The van der Waals surface area contributed by atoms with Crippen molar-refractivity contribution >= 4 is 45.7 Å². The lowest BCUT2D eigenvalue weighted by atomic mass is 9.99. The maximum atomic E-state index is 5.85. The molecule has 3 aromatic carbocycles. The maximum absolute atomic E-state index is 5.85. The smallest absolute Gasteiger partial charge is 0.153 e. The van der Waals surface area contributed by atoms with Crippen LogP contribution in [-0.4, -0.2) is 30.6 Å². The van der Waals surface area contributed by atoms with Gasteiger partial charge in [-0.2, -0.15) is 0 Å². The number of benzene rings is 3. The number of anilines is 1. The Morgan fingerprint density at radius 1 is 1.10 bits per heavy atom. The Morgan fingerprint density at radius 3 is 2.59 bits per heavy atom. The van der Waals surface area contributed by atoms with Gasteiger partial charge in [0.15, 0.2) is 5.84 Å². The first-order chi connectivity index (χ1) is 18.9. The summed E-state index contributed by atoms with van der Waals surface area (Å²) in [5.41, 5.74) is 8.92. The Bertz CT molecular complexity index is 1500. The lowest BCUT2D eigenvalue weighted by Gasteiger charge is -2.18. The standard InChI is InChI=1S/C33H34N4OS/c1-6-18-35-30-16-15-29(37-33(30)36-28-14-17-31(38-5)22(2)19-28)26-8-7-9-27(21-26)32(39)20-24-10-12-25(13-11-24)23(3)34-4/h6-15,17-19,21,34H,3,16,20H2,1-2,4-5H3,(H,36,37)/b18-6-,35-30?. The van der Waals surface area contributed by atoms with Gasteiger partial charge in [0.2, 0.25) is 0 Å². The van der Waals surface area contributed by atoms with E-state index in [-0.39, 0.29) is 0 Å². The Labute approximate surface area is 236 Å². The highest BCUT2D eigenvalue weighted by Crippen LogP contribution is 2.26. The molecule has 0 aliphatic carbocycles. The third-order valence-corrected chi connectivity index (χ3v) is 6.86. The van der Waals surface area contributed by atoms with Gasteiger partial charge in [-0.25, -0.2) is 4.99 Å². The van der Waals surface area contributed by atoms with Crippen LogP contribution in [0.3, 0.4) is 0 Å². The number of nitrogens with one attached hydrogen (secondary N) is 2. The van der Waals surface area contributed by atoms with E-state index in [1.54, 1.807) is 13.3 Å². The predicted molar refractivity (Wildman–Crippen MR) is 170 cm³/mol. The number of aliphatic imine (C=N–C) groups is 2. The second-order valence-corrected chi connectivity index (χ2v) is 9.72. The van der Waals surface area contributed by atoms with Crippen LogP contribution >= 0.6 is 12.2 Å². The summed E-state index contributed by atoms with van der Waals surface area (Å²) < 4.78 is 5.41. The van der Waals surface area contributed by atoms with Gasteiger partial charge in [0.25, 0.3) is 0 Å². The van der Waals surface area contributed by atoms with Gasteiger partial charge >= 0.3 is 0 Å². The zero-order chi connectivity index (χ0) is 27.8. The molecular weight excluding hydrogens is 500 g/mol. The molecule has 2 N–H and O–H groups in total. The molecule has 0 radical (unpaired) electrons. The molecular formula is C33H34N4OS. The fourth-order valence-electron chi connectivity index (χ4n) is 4.28. The van der Waals surface area contributed by atoms with Gasteiger partial charge < -0.3 is 15.4 Å². The fourth-order valence-corrected chi connectivity index (χ4v) is 4.58. The number of hydrogen-bond acceptors (Lipinski definition) is 6. The van der Waals surface area contributed by atoms with Gasteiger partial charge in [0.05, 0.1) is 18.5 Å². The van der Waals surface area contributed by atoms with Crippen LogP contribution in [-0.2, 0) is 6.42 Å². The number of thiocarbonyl (C=S) groups is 1. The van der Waals surface area contributed by atoms with Crippen molar-refractivity contribution in [2.75, 3.05) is 19.5 Å². The zero-order valence-corrected chi connectivity index (χ0v) is 23.7. The monoisotopic (exact) mass is 534 g/mol. The summed E-state index contributed by atoms with van der Waals surface area (Å²) in [4.78, 5) is 10.5. The van der Waals surface area contributed by atoms with Crippen LogP contribution in [0.2, 0.25) is 0 Å². The van der Waals surface area contributed by atoms with Crippen LogP contribution in [0.1, 0.15) is 41.2 Å². The van der Waals surface area contributed by atoms with Gasteiger partial charge in [-0.3, -0.25) is 4.99 Å². The van der Waals surface area contributed by atoms with Crippen molar-refractivity contribution in [3.63, 3.8) is 0 Å². The van der Waals surface area contributed by atoms with E-state index >= 15 is 0 Å². The zero-order valence-electron chi connectivity index (χ0n) is 22.9. The molecule has 1 aliphatic rings. The number of amidine groups is 1. The van der Waals surface area contributed by atoms with E-state index in [9.17, 15) is 0 Å². The summed E-state index contributed by atoms with van der Waals surface area (Å²) in [6, 6.07) is 22.6. The predicted octanol–water partition coefficient (Wildman–Crippen LogP) is 7.38. The van der Waals surface area contributed by atoms with Crippen molar-refractivity contribution in [2.24, 2.45) is 9.98 Å². The fraction of sp³-hybridized carbons (Fsp3) is 0.182. The Balaban J connectivity index is 1.57. The average molecular weight is 535 g/mol. The van der Waals surface area contributed by atoms with Gasteiger partial charge in [0.1, 0.15) is 5.75 Å². The van der Waals surface area contributed by atoms with Crippen LogP contribution in [0.15, 0.2) is 102 Å². The molecule has 0 unspecified atom stereocenters. The molecule has 0 aromatic heterocycles. The number of allylic oxidation sites excluding steroid dienone is 2. The number of methoxy groups -OCH3 is 1. The van der Waals surface area contributed by atoms with Crippen LogP contribution in [0, 0.1) is 6.92 Å². The minimum Gasteiger partial charge on any atom is -0.496 e. The highest BCUT2D eigenvalue weighted by Gasteiger charge is 2.17. The van der Waals surface area contributed by atoms with E-state index in [2.05, 4.69) is 70.7 Å². The van der Waals surface area contributed by atoms with E-state index in [0.29, 0.717) is 12.8 Å². The molecule has 198 valence electrons. The molecule has 39 heavy (non-hydrogen) atoms. The van der Waals surface area contributed by atoms with Gasteiger partial charge in [-0.1, -0.05) is 73.4 Å². The highest BCUT2D eigenvalue weighted by atomic mass is 32.1. The molecule has 6 heteroatoms. The molecule has 0 bridgehead atoms. The third kappa shape index (κ3) is 6.98. The van der Waals surface area contributed by atoms with Gasteiger partial charge in [-0.05, 0) is 60.4 Å². The molecule has 0 amide bonds. The molecule has 0 atom stereocenters. The van der Waals surface area contributed by atoms with Gasteiger partial charge in [-0.15, -0.1) is 0 Å². The summed E-state index contributed by atoms with van der Waals surface area (Å²) in [5, 5.41) is 6.56. The molecule has 1 aliphatic heterocycles. The Hall–Kier alpha value is -4.29. The first-order valence-corrected chi connectivity index (χ1v) is 13.3. The topological polar surface area (TPSA) is 58.0 Å². The molecule has 0 saturated heterocycles. The van der Waals surface area contributed by atoms with Crippen LogP contribution in [0.25, 0.3) is 11.4 Å². The Kier molecular flexibility index (Phi) is 9.23. The van der Waals surface area contributed by atoms with Crippen molar-refractivity contribution < 1.29 is 4.74 Å². The molecule has 4 rings (SSSR count). The lowest BCUT2D eigenvalue weighted by Crippen LogP contribution is -2.25. The van der Waals surface area contributed by atoms with Gasteiger partial charge in [0, 0.05) is 47.9 Å². The Morgan fingerprint density at radius 2 is 1.90 bits per heavy atom. The molecule has 0 fully saturated rings. The normalized spacial score (nSPS) is 14.1. The van der Waals surface area contributed by atoms with Crippen LogP contribution in [0.5, 0.6) is 5.75 Å². The van der Waals surface area contributed by atoms with E-state index in [1.807, 2.05) is 51.2 Å². The van der Waals surface area contributed by atoms with Crippen molar-refractivity contribution in [1.82, 2.24) is 5.32 Å². The number of aryl methyl sites for hydroxylation is 1. The largest absolute Gasteiger partial charge is 0.496 e. The summed E-state index contributed by atoms with van der Waals surface area (Å²) in [6.45, 7) is 8.00. The second-order valence-electron chi connectivity index (χ2n) is 9.23. The van der Waals surface area contributed by atoms with E-state index < -0.39 is 0 Å². The van der Waals surface area contributed by atoms with E-state index in [0.717, 1.165) is 61.5 Å². The first-order valence-electron chi connectivity index (χ1n) is 12.9. The van der Waals surface area contributed by atoms with Crippen molar-refractivity contribution in [2.45, 2.75) is 26.7 Å². The van der Waals surface area contributed by atoms with Crippen molar-refractivity contribution in [3.8, 4) is 5.75 Å². The number of nitrogens with zero attached hydrogens (tertiary/aromatic N) is 2. The third-order valence-electron chi connectivity index (χ3n) is 6.48. The molecule has 5 nitrogen and oxygen atoms in total. The number of ether oxygens (including phenoxy) is 1. The maximum Gasteiger partial charge on any atom is 0.153 e. The summed E-state index contributed by atoms with van der Waals surface area (Å²) in [7, 11) is 3.55. The number of rotatable bonds is 9. The van der Waals surface area contributed by atoms with Crippen LogP contribution < -0.4 is 15.4 Å². The molecule has 0 saturated carbocycles. The van der Waals surface area contributed by atoms with Crippen LogP contribution in [0.4, 0.5) is 5.69 Å². The number of hydrogen-bond donors (Lipinski definition) is 2. The molecule has 0 spiro atoms. The van der Waals surface area contributed by atoms with Crippen molar-refractivity contribution in [3.05, 3.63) is 119 Å².